The fourth-order valence-corrected chi connectivity index (χ4v) is 6.50. The van der Waals surface area contributed by atoms with E-state index in [1.54, 1.807) is 13.0 Å². The average molecular weight is 472 g/mol. The van der Waals surface area contributed by atoms with Crippen molar-refractivity contribution in [2.24, 2.45) is 11.8 Å². The zero-order chi connectivity index (χ0) is 24.6. The zero-order valence-corrected chi connectivity index (χ0v) is 20.3. The smallest absolute Gasteiger partial charge is 0.251 e. The van der Waals surface area contributed by atoms with Crippen LogP contribution in [0.5, 0.6) is 0 Å². The van der Waals surface area contributed by atoms with E-state index in [0.29, 0.717) is 30.6 Å². The van der Waals surface area contributed by atoms with Gasteiger partial charge < -0.3 is 29.7 Å². The summed E-state index contributed by atoms with van der Waals surface area (Å²) in [6, 6.07) is 0. The summed E-state index contributed by atoms with van der Waals surface area (Å²) in [4.78, 5) is 26.3. The number of fused-ring (bicyclic) bond motifs is 1. The van der Waals surface area contributed by atoms with Gasteiger partial charge in [0.25, 0.3) is 5.91 Å². The SMILES string of the molecule is CCC12C=C(C)C3C(C)C(OC4CCC(O)C(C)O4)C4=CC(=O)C=C(O1)C43NC(=O)C(C)=C2O. The Balaban J connectivity index is 1.66. The van der Waals surface area contributed by atoms with E-state index in [-0.39, 0.29) is 35.1 Å². The normalized spacial score (nSPS) is 43.6. The molecular weight excluding hydrogens is 438 g/mol. The van der Waals surface area contributed by atoms with Gasteiger partial charge in [-0.1, -0.05) is 19.4 Å². The molecule has 5 aliphatic rings. The largest absolute Gasteiger partial charge is 0.507 e. The standard InChI is InChI=1S/C26H33NO7/c1-6-25-11-12(2)21-13(3)22(33-20-8-7-18(29)15(5)32-20)17-9-16(28)10-19(34-25)26(17,21)27-24(31)14(4)23(25)30/h9-11,13,15,18,20-22,29-30H,6-8H2,1-5H3,(H,27,31). The van der Waals surface area contributed by atoms with Gasteiger partial charge in [0.2, 0.25) is 0 Å². The molecule has 2 fully saturated rings. The highest BCUT2D eigenvalue weighted by atomic mass is 16.7. The molecule has 8 unspecified atom stereocenters. The summed E-state index contributed by atoms with van der Waals surface area (Å²) in [7, 11) is 0. The summed E-state index contributed by atoms with van der Waals surface area (Å²) >= 11 is 0. The number of hydrogen-bond acceptors (Lipinski definition) is 7. The number of nitrogens with one attached hydrogen (secondary N) is 1. The second-order valence-electron chi connectivity index (χ2n) is 10.3. The van der Waals surface area contributed by atoms with E-state index in [4.69, 9.17) is 14.2 Å². The van der Waals surface area contributed by atoms with Crippen LogP contribution in [0, 0.1) is 11.8 Å². The Morgan fingerprint density at radius 2 is 1.94 bits per heavy atom. The number of ether oxygens (including phenoxy) is 3. The molecule has 8 atom stereocenters. The van der Waals surface area contributed by atoms with Crippen molar-refractivity contribution in [3.8, 4) is 0 Å². The van der Waals surface area contributed by atoms with Crippen LogP contribution in [-0.4, -0.2) is 57.6 Å². The van der Waals surface area contributed by atoms with Crippen LogP contribution in [0.3, 0.4) is 0 Å². The van der Waals surface area contributed by atoms with Gasteiger partial charge in [0.15, 0.2) is 17.7 Å². The second kappa shape index (κ2) is 7.80. The first kappa shape index (κ1) is 23.3. The third-order valence-electron chi connectivity index (χ3n) is 8.27. The van der Waals surface area contributed by atoms with Crippen LogP contribution in [-0.2, 0) is 23.8 Å². The van der Waals surface area contributed by atoms with Crippen molar-refractivity contribution in [1.29, 1.82) is 0 Å². The molecule has 34 heavy (non-hydrogen) atoms. The molecule has 1 saturated heterocycles. The molecule has 3 N–H and O–H groups in total. The van der Waals surface area contributed by atoms with Crippen molar-refractivity contribution < 1.29 is 34.0 Å². The molecule has 0 radical (unpaired) electrons. The molecule has 1 spiro atoms. The summed E-state index contributed by atoms with van der Waals surface area (Å²) in [6.07, 6.45) is 4.40. The topological polar surface area (TPSA) is 114 Å². The second-order valence-corrected chi connectivity index (χ2v) is 10.3. The Morgan fingerprint density at radius 1 is 1.21 bits per heavy atom. The highest BCUT2D eigenvalue weighted by Crippen LogP contribution is 2.58. The average Bonchev–Trinajstić information content (AvgIpc) is 2.95. The van der Waals surface area contributed by atoms with Crippen LogP contribution < -0.4 is 5.32 Å². The van der Waals surface area contributed by atoms with Gasteiger partial charge in [0.05, 0.1) is 23.9 Å². The van der Waals surface area contributed by atoms with Gasteiger partial charge in [0.1, 0.15) is 17.1 Å². The van der Waals surface area contributed by atoms with Crippen molar-refractivity contribution in [3.05, 3.63) is 46.5 Å². The van der Waals surface area contributed by atoms with Crippen molar-refractivity contribution >= 4 is 11.7 Å². The van der Waals surface area contributed by atoms with E-state index in [2.05, 4.69) is 5.32 Å². The third-order valence-corrected chi connectivity index (χ3v) is 8.27. The molecule has 0 aromatic heterocycles. The number of allylic oxidation sites excluding steroid dienone is 2. The summed E-state index contributed by atoms with van der Waals surface area (Å²) in [6.45, 7) is 9.30. The third kappa shape index (κ3) is 3.08. The van der Waals surface area contributed by atoms with E-state index >= 15 is 0 Å². The summed E-state index contributed by atoms with van der Waals surface area (Å²) in [5.74, 6) is -0.875. The fourth-order valence-electron chi connectivity index (χ4n) is 6.50. The van der Waals surface area contributed by atoms with Crippen molar-refractivity contribution in [3.63, 3.8) is 0 Å². The number of ketones is 1. The molecule has 184 valence electrons. The number of amides is 1. The van der Waals surface area contributed by atoms with E-state index in [1.165, 1.54) is 6.08 Å². The molecule has 8 heteroatoms. The van der Waals surface area contributed by atoms with Gasteiger partial charge in [-0.05, 0) is 57.3 Å². The molecule has 3 heterocycles. The van der Waals surface area contributed by atoms with Gasteiger partial charge in [-0.3, -0.25) is 9.59 Å². The minimum Gasteiger partial charge on any atom is -0.507 e. The molecule has 2 aliphatic carbocycles. The van der Waals surface area contributed by atoms with Crippen LogP contribution >= 0.6 is 0 Å². The molecule has 0 aromatic rings. The lowest BCUT2D eigenvalue weighted by Gasteiger charge is -2.44. The van der Waals surface area contributed by atoms with Crippen LogP contribution in [0.1, 0.15) is 53.9 Å². The van der Waals surface area contributed by atoms with E-state index in [1.807, 2.05) is 33.8 Å². The minimum atomic E-state index is -1.23. The van der Waals surface area contributed by atoms with Crippen LogP contribution in [0.2, 0.25) is 0 Å². The number of aliphatic hydroxyl groups excluding tert-OH is 2. The quantitative estimate of drug-likeness (QED) is 0.542. The zero-order valence-electron chi connectivity index (χ0n) is 20.3. The fraction of sp³-hybridized carbons (Fsp3) is 0.615. The van der Waals surface area contributed by atoms with Gasteiger partial charge >= 0.3 is 0 Å². The van der Waals surface area contributed by atoms with Gasteiger partial charge in [-0.2, -0.15) is 0 Å². The Bertz CT molecular complexity index is 1070. The predicted octanol–water partition coefficient (Wildman–Crippen LogP) is 2.74. The molecule has 8 nitrogen and oxygen atoms in total. The summed E-state index contributed by atoms with van der Waals surface area (Å²) in [5.41, 5.74) is -0.567. The molecular formula is C26H33NO7. The maximum absolute atomic E-state index is 13.4. The lowest BCUT2D eigenvalue weighted by atomic mass is 9.74. The van der Waals surface area contributed by atoms with Crippen molar-refractivity contribution in [2.75, 3.05) is 0 Å². The highest BCUT2D eigenvalue weighted by molar-refractivity contribution is 6.04. The number of rotatable bonds is 3. The first-order valence-electron chi connectivity index (χ1n) is 12.1. The predicted molar refractivity (Wildman–Crippen MR) is 122 cm³/mol. The molecule has 3 aliphatic heterocycles. The van der Waals surface area contributed by atoms with E-state index in [9.17, 15) is 19.8 Å². The number of carbonyl (C=O) groups excluding carboxylic acids is 2. The van der Waals surface area contributed by atoms with Crippen molar-refractivity contribution in [1.82, 2.24) is 5.32 Å². The monoisotopic (exact) mass is 471 g/mol. The summed E-state index contributed by atoms with van der Waals surface area (Å²) < 4.78 is 18.9. The lowest BCUT2D eigenvalue weighted by molar-refractivity contribution is -0.233. The van der Waals surface area contributed by atoms with Gasteiger partial charge in [-0.15, -0.1) is 0 Å². The summed E-state index contributed by atoms with van der Waals surface area (Å²) in [5, 5.41) is 24.3. The molecule has 1 saturated carbocycles. The van der Waals surface area contributed by atoms with Crippen LogP contribution in [0.4, 0.5) is 0 Å². The van der Waals surface area contributed by atoms with Crippen LogP contribution in [0.25, 0.3) is 0 Å². The van der Waals surface area contributed by atoms with Gasteiger partial charge in [-0.25, -0.2) is 0 Å². The van der Waals surface area contributed by atoms with E-state index in [0.717, 1.165) is 5.57 Å². The van der Waals surface area contributed by atoms with E-state index < -0.39 is 35.5 Å². The highest BCUT2D eigenvalue weighted by Gasteiger charge is 2.65. The maximum Gasteiger partial charge on any atom is 0.251 e. The lowest BCUT2D eigenvalue weighted by Crippen LogP contribution is -2.58. The number of hydrogen-bond donors (Lipinski definition) is 3. The van der Waals surface area contributed by atoms with Gasteiger partial charge in [0, 0.05) is 18.4 Å². The Kier molecular flexibility index (Phi) is 5.35. The Hall–Kier alpha value is -2.42. The maximum atomic E-state index is 13.4. The van der Waals surface area contributed by atoms with Crippen LogP contribution in [0.15, 0.2) is 46.5 Å². The number of carbonyl (C=O) groups is 2. The molecule has 1 amide bonds. The molecule has 5 rings (SSSR count). The van der Waals surface area contributed by atoms with Crippen molar-refractivity contribution in [2.45, 2.75) is 89.6 Å². The molecule has 2 bridgehead atoms. The minimum absolute atomic E-state index is 0.139. The Morgan fingerprint density at radius 3 is 2.62 bits per heavy atom. The first-order valence-corrected chi connectivity index (χ1v) is 12.1. The molecule has 0 aromatic carbocycles. The number of aliphatic hydroxyl groups is 2. The first-order chi connectivity index (χ1) is 16.0. The Labute approximate surface area is 199 Å².